The smallest absolute Gasteiger partial charge is 0.330 e. The van der Waals surface area contributed by atoms with Gasteiger partial charge in [-0.2, -0.15) is 0 Å². The van der Waals surface area contributed by atoms with E-state index in [0.717, 1.165) is 5.01 Å². The molecule has 21 heavy (non-hydrogen) atoms. The van der Waals surface area contributed by atoms with Gasteiger partial charge in [-0.05, 0) is 13.8 Å². The highest BCUT2D eigenvalue weighted by Crippen LogP contribution is 2.51. The zero-order valence-electron chi connectivity index (χ0n) is 12.6. The van der Waals surface area contributed by atoms with E-state index in [1.54, 1.807) is 6.92 Å². The molecule has 1 aliphatic rings. The van der Waals surface area contributed by atoms with Crippen molar-refractivity contribution in [2.45, 2.75) is 45.8 Å². The average Bonchev–Trinajstić information content (AvgIpc) is 2.83. The van der Waals surface area contributed by atoms with Crippen molar-refractivity contribution in [2.75, 3.05) is 6.61 Å². The summed E-state index contributed by atoms with van der Waals surface area (Å²) < 4.78 is 5.57. The first-order valence-electron chi connectivity index (χ1n) is 6.84. The van der Waals surface area contributed by atoms with Gasteiger partial charge in [-0.25, -0.2) is 9.78 Å². The van der Waals surface area contributed by atoms with E-state index in [0.29, 0.717) is 11.5 Å². The van der Waals surface area contributed by atoms with E-state index in [2.05, 4.69) is 10.3 Å². The fourth-order valence-corrected chi connectivity index (χ4v) is 3.43. The Balaban J connectivity index is 2.22. The van der Waals surface area contributed by atoms with Crippen molar-refractivity contribution in [1.82, 2.24) is 10.3 Å². The first-order chi connectivity index (χ1) is 9.74. The Kier molecular flexibility index (Phi) is 4.08. The number of carboxylic acids is 1. The molecule has 0 bridgehead atoms. The highest BCUT2D eigenvalue weighted by atomic mass is 32.1. The zero-order chi connectivity index (χ0) is 15.8. The lowest BCUT2D eigenvalue weighted by molar-refractivity contribution is -0.190. The third-order valence-corrected chi connectivity index (χ3v) is 5.21. The van der Waals surface area contributed by atoms with Gasteiger partial charge in [0.15, 0.2) is 0 Å². The molecule has 1 aromatic heterocycles. The molecule has 1 heterocycles. The number of rotatable bonds is 5. The van der Waals surface area contributed by atoms with Crippen LogP contribution in [0.4, 0.5) is 0 Å². The van der Waals surface area contributed by atoms with Crippen LogP contribution in [0.15, 0.2) is 6.20 Å². The predicted octanol–water partition coefficient (Wildman–Crippen LogP) is 1.84. The molecule has 0 spiro atoms. The van der Waals surface area contributed by atoms with Crippen LogP contribution in [0.1, 0.15) is 41.9 Å². The van der Waals surface area contributed by atoms with Gasteiger partial charge in [-0.15, -0.1) is 11.3 Å². The maximum absolute atomic E-state index is 12.3. The molecule has 0 radical (unpaired) electrons. The Morgan fingerprint density at radius 2 is 2.24 bits per heavy atom. The molecule has 1 saturated carbocycles. The fraction of sp³-hybridized carbons (Fsp3) is 0.643. The van der Waals surface area contributed by atoms with Crippen LogP contribution in [0, 0.1) is 12.3 Å². The molecule has 0 saturated heterocycles. The molecule has 6 nitrogen and oxygen atoms in total. The van der Waals surface area contributed by atoms with Gasteiger partial charge in [-0.1, -0.05) is 13.8 Å². The van der Waals surface area contributed by atoms with Gasteiger partial charge in [0.1, 0.15) is 10.4 Å². The van der Waals surface area contributed by atoms with Crippen molar-refractivity contribution >= 4 is 23.2 Å². The number of ether oxygens (including phenoxy) is 1. The van der Waals surface area contributed by atoms with E-state index in [4.69, 9.17) is 4.74 Å². The standard InChI is InChI=1S/C14H20N2O4S/c1-5-20-10-6-14(12(18)19,13(10,3)4)16-11(17)9-7-15-8(2)21-9/h7,10H,5-6H2,1-4H3,(H,16,17)(H,18,19). The first-order valence-corrected chi connectivity index (χ1v) is 7.66. The number of thiazole rings is 1. The topological polar surface area (TPSA) is 88.5 Å². The SMILES string of the molecule is CCOC1CC(NC(=O)c2cnc(C)s2)(C(=O)O)C1(C)C. The van der Waals surface area contributed by atoms with Crippen LogP contribution in [-0.2, 0) is 9.53 Å². The van der Waals surface area contributed by atoms with Gasteiger partial charge < -0.3 is 15.2 Å². The van der Waals surface area contributed by atoms with Gasteiger partial charge in [0, 0.05) is 18.4 Å². The second kappa shape index (κ2) is 5.38. The lowest BCUT2D eigenvalue weighted by atomic mass is 9.54. The van der Waals surface area contributed by atoms with Crippen LogP contribution in [0.5, 0.6) is 0 Å². The minimum Gasteiger partial charge on any atom is -0.479 e. The van der Waals surface area contributed by atoms with Crippen LogP contribution in [0.3, 0.4) is 0 Å². The lowest BCUT2D eigenvalue weighted by Crippen LogP contribution is -2.76. The highest BCUT2D eigenvalue weighted by molar-refractivity contribution is 7.13. The minimum absolute atomic E-state index is 0.179. The Morgan fingerprint density at radius 1 is 1.57 bits per heavy atom. The highest BCUT2D eigenvalue weighted by Gasteiger charge is 2.66. The van der Waals surface area contributed by atoms with Crippen LogP contribution < -0.4 is 5.32 Å². The monoisotopic (exact) mass is 312 g/mol. The number of nitrogens with one attached hydrogen (secondary N) is 1. The number of carbonyl (C=O) groups is 2. The molecule has 2 rings (SSSR count). The Hall–Kier alpha value is -1.47. The summed E-state index contributed by atoms with van der Waals surface area (Å²) in [5.74, 6) is -1.43. The molecule has 1 amide bonds. The Bertz CT molecular complexity index is 569. The van der Waals surface area contributed by atoms with Gasteiger partial charge in [-0.3, -0.25) is 4.79 Å². The summed E-state index contributed by atoms with van der Waals surface area (Å²) in [5, 5.41) is 13.1. The second-order valence-corrected chi connectivity index (χ2v) is 7.01. The lowest BCUT2D eigenvalue weighted by Gasteiger charge is -2.58. The van der Waals surface area contributed by atoms with Crippen LogP contribution in [0.25, 0.3) is 0 Å². The quantitative estimate of drug-likeness (QED) is 0.866. The predicted molar refractivity (Wildman–Crippen MR) is 78.5 cm³/mol. The summed E-state index contributed by atoms with van der Waals surface area (Å²) in [7, 11) is 0. The molecule has 0 aliphatic heterocycles. The van der Waals surface area contributed by atoms with Crippen molar-refractivity contribution in [3.63, 3.8) is 0 Å². The number of hydrogen-bond acceptors (Lipinski definition) is 5. The van der Waals surface area contributed by atoms with Crippen molar-refractivity contribution in [2.24, 2.45) is 5.41 Å². The Labute approximate surface area is 127 Å². The van der Waals surface area contributed by atoms with Crippen molar-refractivity contribution in [3.05, 3.63) is 16.1 Å². The third-order valence-electron chi connectivity index (χ3n) is 4.30. The molecule has 1 fully saturated rings. The minimum atomic E-state index is -1.30. The summed E-state index contributed by atoms with van der Waals surface area (Å²) in [4.78, 5) is 28.5. The first kappa shape index (κ1) is 15.9. The number of carbonyl (C=O) groups excluding carboxylic acids is 1. The third kappa shape index (κ3) is 2.44. The molecule has 0 aromatic carbocycles. The molecule has 2 N–H and O–H groups in total. The summed E-state index contributed by atoms with van der Waals surface area (Å²) in [6.07, 6.45) is 1.56. The number of hydrogen-bond donors (Lipinski definition) is 2. The molecule has 2 unspecified atom stereocenters. The number of carboxylic acid groups (broad SMARTS) is 1. The van der Waals surface area contributed by atoms with E-state index in [-0.39, 0.29) is 12.5 Å². The number of nitrogens with zero attached hydrogens (tertiary/aromatic N) is 1. The number of aryl methyl sites for hydroxylation is 1. The van der Waals surface area contributed by atoms with E-state index in [1.807, 2.05) is 20.8 Å². The van der Waals surface area contributed by atoms with Gasteiger partial charge in [0.05, 0.1) is 17.3 Å². The van der Waals surface area contributed by atoms with E-state index in [9.17, 15) is 14.7 Å². The summed E-state index contributed by atoms with van der Waals surface area (Å²) in [6, 6.07) is 0. The average molecular weight is 312 g/mol. The van der Waals surface area contributed by atoms with E-state index in [1.165, 1.54) is 17.5 Å². The summed E-state index contributed by atoms with van der Waals surface area (Å²) in [6.45, 7) is 7.81. The maximum Gasteiger partial charge on any atom is 0.330 e. The molecule has 1 aliphatic carbocycles. The Morgan fingerprint density at radius 3 is 2.67 bits per heavy atom. The fourth-order valence-electron chi connectivity index (χ4n) is 2.76. The molecular weight excluding hydrogens is 292 g/mol. The van der Waals surface area contributed by atoms with Crippen LogP contribution in [-0.4, -0.2) is 40.2 Å². The summed E-state index contributed by atoms with van der Waals surface area (Å²) in [5.41, 5.74) is -1.98. The molecular formula is C14H20N2O4S. The van der Waals surface area contributed by atoms with E-state index >= 15 is 0 Å². The van der Waals surface area contributed by atoms with Gasteiger partial charge in [0.25, 0.3) is 5.91 Å². The van der Waals surface area contributed by atoms with Crippen molar-refractivity contribution in [1.29, 1.82) is 0 Å². The number of amides is 1. The van der Waals surface area contributed by atoms with Crippen molar-refractivity contribution in [3.8, 4) is 0 Å². The molecule has 1 aromatic rings. The summed E-state index contributed by atoms with van der Waals surface area (Å²) >= 11 is 1.25. The largest absolute Gasteiger partial charge is 0.479 e. The number of aromatic nitrogens is 1. The second-order valence-electron chi connectivity index (χ2n) is 5.78. The van der Waals surface area contributed by atoms with Gasteiger partial charge >= 0.3 is 5.97 Å². The normalized spacial score (nSPS) is 27.0. The molecule has 7 heteroatoms. The number of aliphatic carboxylic acids is 1. The van der Waals surface area contributed by atoms with E-state index < -0.39 is 22.8 Å². The van der Waals surface area contributed by atoms with Crippen LogP contribution >= 0.6 is 11.3 Å². The zero-order valence-corrected chi connectivity index (χ0v) is 13.4. The van der Waals surface area contributed by atoms with Crippen molar-refractivity contribution < 1.29 is 19.4 Å². The van der Waals surface area contributed by atoms with Crippen LogP contribution in [0.2, 0.25) is 0 Å². The molecule has 2 atom stereocenters. The maximum atomic E-state index is 12.3. The van der Waals surface area contributed by atoms with Gasteiger partial charge in [0.2, 0.25) is 0 Å². The molecule has 116 valence electrons.